The van der Waals surface area contributed by atoms with Gasteiger partial charge in [0.1, 0.15) is 11.0 Å². The molecule has 0 spiro atoms. The van der Waals surface area contributed by atoms with Crippen LogP contribution in [-0.2, 0) is 0 Å². The molecule has 1 N–H and O–H groups in total. The van der Waals surface area contributed by atoms with Crippen LogP contribution >= 0.6 is 39.1 Å². The molecule has 2 rings (SSSR count). The van der Waals surface area contributed by atoms with E-state index in [0.717, 1.165) is 0 Å². The van der Waals surface area contributed by atoms with Gasteiger partial charge in [0.25, 0.3) is 5.91 Å². The maximum absolute atomic E-state index is 12.0. The lowest BCUT2D eigenvalue weighted by Crippen LogP contribution is -2.13. The molecule has 0 bridgehead atoms. The van der Waals surface area contributed by atoms with Crippen molar-refractivity contribution in [2.24, 2.45) is 0 Å². The topological polar surface area (TPSA) is 42.0 Å². The molecule has 0 aliphatic rings. The highest BCUT2D eigenvalue weighted by atomic mass is 79.9. The van der Waals surface area contributed by atoms with E-state index in [1.54, 1.807) is 36.4 Å². The van der Waals surface area contributed by atoms with Crippen LogP contribution in [0.5, 0.6) is 0 Å². The summed E-state index contributed by atoms with van der Waals surface area (Å²) >= 11 is 14.8. The zero-order chi connectivity index (χ0) is 13.1. The van der Waals surface area contributed by atoms with Crippen LogP contribution in [-0.4, -0.2) is 10.9 Å². The van der Waals surface area contributed by atoms with Gasteiger partial charge >= 0.3 is 0 Å². The molecular formula is C12H7BrCl2N2O. The molecule has 1 heterocycles. The number of halogens is 3. The molecule has 2 aromatic rings. The number of benzene rings is 1. The minimum Gasteiger partial charge on any atom is -0.306 e. The number of hydrogen-bond acceptors (Lipinski definition) is 2. The van der Waals surface area contributed by atoms with Gasteiger partial charge in [-0.25, -0.2) is 4.98 Å². The fraction of sp³-hybridized carbons (Fsp3) is 0. The normalized spacial score (nSPS) is 10.2. The number of pyridine rings is 1. The Morgan fingerprint density at radius 1 is 1.22 bits per heavy atom. The Bertz CT molecular complexity index is 604. The number of hydrogen-bond donors (Lipinski definition) is 1. The van der Waals surface area contributed by atoms with Crippen molar-refractivity contribution in [3.8, 4) is 0 Å². The molecule has 1 aromatic carbocycles. The summed E-state index contributed by atoms with van der Waals surface area (Å²) in [5.74, 6) is 0.114. The Labute approximate surface area is 122 Å². The smallest absolute Gasteiger partial charge is 0.257 e. The third-order valence-corrected chi connectivity index (χ3v) is 3.23. The standard InChI is InChI=1S/C12H7BrCl2N2O/c13-9-6-7(14)4-5-8(9)12(18)17-11-3-1-2-10(15)16-11/h1-6H,(H,16,17,18). The Balaban J connectivity index is 2.22. The van der Waals surface area contributed by atoms with E-state index in [1.807, 2.05) is 0 Å². The fourth-order valence-electron chi connectivity index (χ4n) is 1.34. The molecule has 0 radical (unpaired) electrons. The lowest BCUT2D eigenvalue weighted by Gasteiger charge is -2.06. The highest BCUT2D eigenvalue weighted by molar-refractivity contribution is 9.10. The lowest BCUT2D eigenvalue weighted by atomic mass is 10.2. The van der Waals surface area contributed by atoms with Crippen LogP contribution in [0.4, 0.5) is 5.82 Å². The average molecular weight is 346 g/mol. The van der Waals surface area contributed by atoms with Gasteiger partial charge in [0, 0.05) is 9.50 Å². The van der Waals surface area contributed by atoms with E-state index in [-0.39, 0.29) is 5.91 Å². The van der Waals surface area contributed by atoms with E-state index in [9.17, 15) is 4.79 Å². The number of anilines is 1. The van der Waals surface area contributed by atoms with Crippen LogP contribution in [0.3, 0.4) is 0 Å². The Morgan fingerprint density at radius 2 is 2.00 bits per heavy atom. The largest absolute Gasteiger partial charge is 0.306 e. The molecule has 0 unspecified atom stereocenters. The predicted molar refractivity (Wildman–Crippen MR) is 76.4 cm³/mol. The van der Waals surface area contributed by atoms with E-state index < -0.39 is 0 Å². The number of nitrogens with one attached hydrogen (secondary N) is 1. The molecule has 0 saturated carbocycles. The molecule has 3 nitrogen and oxygen atoms in total. The van der Waals surface area contributed by atoms with Crippen molar-refractivity contribution in [3.05, 3.63) is 56.6 Å². The van der Waals surface area contributed by atoms with Crippen molar-refractivity contribution in [1.29, 1.82) is 0 Å². The Kier molecular flexibility index (Phi) is 4.22. The van der Waals surface area contributed by atoms with E-state index in [4.69, 9.17) is 23.2 Å². The molecule has 0 fully saturated rings. The first-order chi connectivity index (χ1) is 8.56. The number of aromatic nitrogens is 1. The molecule has 0 atom stereocenters. The van der Waals surface area contributed by atoms with Crippen LogP contribution in [0.1, 0.15) is 10.4 Å². The van der Waals surface area contributed by atoms with Crippen LogP contribution in [0.25, 0.3) is 0 Å². The Hall–Kier alpha value is -1.10. The van der Waals surface area contributed by atoms with Gasteiger partial charge in [-0.3, -0.25) is 4.79 Å². The molecule has 18 heavy (non-hydrogen) atoms. The Morgan fingerprint density at radius 3 is 2.67 bits per heavy atom. The molecule has 0 aliphatic carbocycles. The van der Waals surface area contributed by atoms with E-state index in [1.165, 1.54) is 0 Å². The first kappa shape index (κ1) is 13.3. The third-order valence-electron chi connectivity index (χ3n) is 2.13. The molecule has 1 aromatic heterocycles. The van der Waals surface area contributed by atoms with E-state index in [2.05, 4.69) is 26.2 Å². The van der Waals surface area contributed by atoms with Gasteiger partial charge in [-0.2, -0.15) is 0 Å². The lowest BCUT2D eigenvalue weighted by molar-refractivity contribution is 0.102. The summed E-state index contributed by atoms with van der Waals surface area (Å²) in [6, 6.07) is 9.94. The second-order valence-electron chi connectivity index (χ2n) is 3.42. The van der Waals surface area contributed by atoms with Gasteiger partial charge in [-0.05, 0) is 46.3 Å². The quantitative estimate of drug-likeness (QED) is 0.819. The van der Waals surface area contributed by atoms with Crippen LogP contribution in [0.2, 0.25) is 10.2 Å². The van der Waals surface area contributed by atoms with E-state index >= 15 is 0 Å². The highest BCUT2D eigenvalue weighted by Gasteiger charge is 2.11. The van der Waals surface area contributed by atoms with Gasteiger partial charge in [0.05, 0.1) is 5.56 Å². The number of rotatable bonds is 2. The second kappa shape index (κ2) is 5.69. The van der Waals surface area contributed by atoms with Crippen molar-refractivity contribution in [2.75, 3.05) is 5.32 Å². The summed E-state index contributed by atoms with van der Waals surface area (Å²) in [7, 11) is 0. The highest BCUT2D eigenvalue weighted by Crippen LogP contribution is 2.22. The van der Waals surface area contributed by atoms with Crippen molar-refractivity contribution in [3.63, 3.8) is 0 Å². The van der Waals surface area contributed by atoms with Crippen molar-refractivity contribution in [2.45, 2.75) is 0 Å². The van der Waals surface area contributed by atoms with Gasteiger partial charge in [0.15, 0.2) is 0 Å². The minimum atomic E-state index is -0.284. The predicted octanol–water partition coefficient (Wildman–Crippen LogP) is 4.40. The fourth-order valence-corrected chi connectivity index (χ4v) is 2.36. The summed E-state index contributed by atoms with van der Waals surface area (Å²) in [4.78, 5) is 16.0. The molecule has 1 amide bonds. The van der Waals surface area contributed by atoms with Crippen molar-refractivity contribution in [1.82, 2.24) is 4.98 Å². The minimum absolute atomic E-state index is 0.284. The summed E-state index contributed by atoms with van der Waals surface area (Å²) in [6.45, 7) is 0. The molecular weight excluding hydrogens is 339 g/mol. The molecule has 0 aliphatic heterocycles. The third kappa shape index (κ3) is 3.22. The maximum atomic E-state index is 12.0. The van der Waals surface area contributed by atoms with Crippen LogP contribution in [0, 0.1) is 0 Å². The maximum Gasteiger partial charge on any atom is 0.257 e. The molecule has 92 valence electrons. The summed E-state index contributed by atoms with van der Waals surface area (Å²) in [5, 5.41) is 3.53. The zero-order valence-electron chi connectivity index (χ0n) is 8.95. The monoisotopic (exact) mass is 344 g/mol. The van der Waals surface area contributed by atoms with Crippen LogP contribution in [0.15, 0.2) is 40.9 Å². The van der Waals surface area contributed by atoms with Gasteiger partial charge in [-0.15, -0.1) is 0 Å². The molecule has 6 heteroatoms. The van der Waals surface area contributed by atoms with Gasteiger partial charge < -0.3 is 5.32 Å². The summed E-state index contributed by atoms with van der Waals surface area (Å²) < 4.78 is 0.620. The summed E-state index contributed by atoms with van der Waals surface area (Å²) in [6.07, 6.45) is 0. The van der Waals surface area contributed by atoms with Gasteiger partial charge in [-0.1, -0.05) is 29.3 Å². The first-order valence-corrected chi connectivity index (χ1v) is 6.50. The average Bonchev–Trinajstić information content (AvgIpc) is 2.28. The number of carbonyl (C=O) groups is 1. The summed E-state index contributed by atoms with van der Waals surface area (Å²) in [5.41, 5.74) is 0.473. The number of carbonyl (C=O) groups excluding carboxylic acids is 1. The number of nitrogens with zero attached hydrogens (tertiary/aromatic N) is 1. The SMILES string of the molecule is O=C(Nc1cccc(Cl)n1)c1ccc(Cl)cc1Br. The number of amides is 1. The molecule has 0 saturated heterocycles. The van der Waals surface area contributed by atoms with Crippen molar-refractivity contribution < 1.29 is 4.79 Å². The van der Waals surface area contributed by atoms with E-state index in [0.29, 0.717) is 26.0 Å². The first-order valence-electron chi connectivity index (χ1n) is 4.95. The van der Waals surface area contributed by atoms with Crippen LogP contribution < -0.4 is 5.32 Å². The second-order valence-corrected chi connectivity index (χ2v) is 5.10. The van der Waals surface area contributed by atoms with Gasteiger partial charge in [0.2, 0.25) is 0 Å². The van der Waals surface area contributed by atoms with Crippen molar-refractivity contribution >= 4 is 50.9 Å². The zero-order valence-corrected chi connectivity index (χ0v) is 12.1.